The molecule has 1 aromatic heterocycles. The molecule has 0 aliphatic heterocycles. The van der Waals surface area contributed by atoms with Crippen molar-refractivity contribution >= 4 is 11.9 Å². The number of nitrogens with zero attached hydrogens (tertiary/aromatic N) is 2. The van der Waals surface area contributed by atoms with Gasteiger partial charge in [0.1, 0.15) is 11.9 Å². The van der Waals surface area contributed by atoms with Gasteiger partial charge in [0.2, 0.25) is 5.91 Å². The van der Waals surface area contributed by atoms with Gasteiger partial charge in [0, 0.05) is 25.7 Å². The number of hydrogen-bond acceptors (Lipinski definition) is 4. The molecule has 6 heteroatoms. The van der Waals surface area contributed by atoms with Crippen LogP contribution in [0.1, 0.15) is 17.5 Å². The summed E-state index contributed by atoms with van der Waals surface area (Å²) in [6.07, 6.45) is 2.96. The largest absolute Gasteiger partial charge is 0.480 e. The summed E-state index contributed by atoms with van der Waals surface area (Å²) in [4.78, 5) is 25.3. The molecular weight excluding hydrogens is 186 g/mol. The Bertz CT molecular complexity index is 358. The number of carboxylic acid groups (broad SMARTS) is 1. The van der Waals surface area contributed by atoms with Crippen LogP contribution in [-0.2, 0) is 11.2 Å². The normalized spacial score (nSPS) is 12.4. The monoisotopic (exact) mass is 197 g/mol. The third-order valence-electron chi connectivity index (χ3n) is 1.78. The summed E-state index contributed by atoms with van der Waals surface area (Å²) in [5, 5.41) is 8.56. The van der Waals surface area contributed by atoms with E-state index in [-0.39, 0.29) is 12.3 Å². The van der Waals surface area contributed by atoms with Crippen LogP contribution in [0.3, 0.4) is 0 Å². The molecule has 1 heterocycles. The van der Waals surface area contributed by atoms with E-state index in [4.69, 9.17) is 10.8 Å². The van der Waals surface area contributed by atoms with Gasteiger partial charge < -0.3 is 10.8 Å². The van der Waals surface area contributed by atoms with Crippen LogP contribution in [0.25, 0.3) is 0 Å². The summed E-state index contributed by atoms with van der Waals surface area (Å²) >= 11 is 0. The van der Waals surface area contributed by atoms with Crippen LogP contribution >= 0.6 is 0 Å². The molecular formula is C8H11N3O3. The quantitative estimate of drug-likeness (QED) is 0.680. The first-order valence-corrected chi connectivity index (χ1v) is 4.04. The van der Waals surface area contributed by atoms with Crippen LogP contribution in [0.15, 0.2) is 12.4 Å². The molecule has 0 radical (unpaired) electrons. The second kappa shape index (κ2) is 4.01. The van der Waals surface area contributed by atoms with Crippen molar-refractivity contribution in [2.75, 3.05) is 0 Å². The minimum absolute atomic E-state index is 0.0436. The Hall–Kier alpha value is -1.69. The van der Waals surface area contributed by atoms with Gasteiger partial charge in [-0.25, -0.2) is 4.98 Å². The zero-order valence-corrected chi connectivity index (χ0v) is 7.67. The van der Waals surface area contributed by atoms with Gasteiger partial charge in [-0.15, -0.1) is 0 Å². The molecule has 1 atom stereocenters. The van der Waals surface area contributed by atoms with Gasteiger partial charge >= 0.3 is 5.97 Å². The third-order valence-corrected chi connectivity index (χ3v) is 1.78. The molecule has 0 amide bonds. The summed E-state index contributed by atoms with van der Waals surface area (Å²) in [5.74, 6) is -0.953. The standard InChI is InChI=1S/C8H11N3O3/c1-5(12)11-3-2-10-7(11)4-6(9)8(13)14/h2-3,6H,4,9H2,1H3,(H,13,14). The highest BCUT2D eigenvalue weighted by Gasteiger charge is 2.16. The summed E-state index contributed by atoms with van der Waals surface area (Å²) < 4.78 is 1.28. The highest BCUT2D eigenvalue weighted by Crippen LogP contribution is 2.00. The van der Waals surface area contributed by atoms with Crippen molar-refractivity contribution in [2.24, 2.45) is 5.73 Å². The lowest BCUT2D eigenvalue weighted by Gasteiger charge is -2.06. The van der Waals surface area contributed by atoms with Crippen LogP contribution in [0.2, 0.25) is 0 Å². The van der Waals surface area contributed by atoms with E-state index in [0.717, 1.165) is 0 Å². The van der Waals surface area contributed by atoms with Crippen LogP contribution in [0.5, 0.6) is 0 Å². The van der Waals surface area contributed by atoms with Crippen LogP contribution < -0.4 is 5.73 Å². The maximum absolute atomic E-state index is 11.0. The summed E-state index contributed by atoms with van der Waals surface area (Å²) in [5.41, 5.74) is 5.31. The number of carbonyl (C=O) groups is 2. The average Bonchev–Trinajstić information content (AvgIpc) is 2.52. The summed E-state index contributed by atoms with van der Waals surface area (Å²) in [6, 6.07) is -1.03. The molecule has 0 saturated heterocycles. The summed E-state index contributed by atoms with van der Waals surface area (Å²) in [6.45, 7) is 1.37. The minimum atomic E-state index is -1.11. The first kappa shape index (κ1) is 10.4. The predicted octanol–water partition coefficient (Wildman–Crippen LogP) is -0.502. The van der Waals surface area contributed by atoms with Crippen molar-refractivity contribution < 1.29 is 14.7 Å². The fraction of sp³-hybridized carbons (Fsp3) is 0.375. The molecule has 0 bridgehead atoms. The number of aliphatic carboxylic acids is 1. The lowest BCUT2D eigenvalue weighted by molar-refractivity contribution is -0.138. The molecule has 0 fully saturated rings. The van der Waals surface area contributed by atoms with Crippen molar-refractivity contribution in [1.29, 1.82) is 0 Å². The van der Waals surface area contributed by atoms with E-state index in [9.17, 15) is 9.59 Å². The smallest absolute Gasteiger partial charge is 0.320 e. The van der Waals surface area contributed by atoms with Crippen LogP contribution in [-0.4, -0.2) is 32.6 Å². The van der Waals surface area contributed by atoms with Crippen LogP contribution in [0, 0.1) is 0 Å². The Morgan fingerprint density at radius 3 is 2.86 bits per heavy atom. The van der Waals surface area contributed by atoms with E-state index in [2.05, 4.69) is 4.98 Å². The lowest BCUT2D eigenvalue weighted by atomic mass is 10.2. The van der Waals surface area contributed by atoms with E-state index in [1.54, 1.807) is 0 Å². The van der Waals surface area contributed by atoms with Gasteiger partial charge in [-0.2, -0.15) is 0 Å². The molecule has 1 rings (SSSR count). The van der Waals surface area contributed by atoms with Crippen molar-refractivity contribution in [3.63, 3.8) is 0 Å². The zero-order valence-electron chi connectivity index (χ0n) is 7.67. The molecule has 0 aromatic carbocycles. The molecule has 3 N–H and O–H groups in total. The van der Waals surface area contributed by atoms with Gasteiger partial charge in [0.05, 0.1) is 0 Å². The molecule has 0 aliphatic carbocycles. The predicted molar refractivity (Wildman–Crippen MR) is 47.8 cm³/mol. The minimum Gasteiger partial charge on any atom is -0.480 e. The number of aromatic nitrogens is 2. The van der Waals surface area contributed by atoms with E-state index in [1.165, 1.54) is 23.9 Å². The number of nitrogens with two attached hydrogens (primary N) is 1. The zero-order chi connectivity index (χ0) is 10.7. The number of hydrogen-bond donors (Lipinski definition) is 2. The van der Waals surface area contributed by atoms with Gasteiger partial charge in [0.15, 0.2) is 0 Å². The number of imidazole rings is 1. The van der Waals surface area contributed by atoms with E-state index >= 15 is 0 Å². The fourth-order valence-electron chi connectivity index (χ4n) is 1.06. The molecule has 1 unspecified atom stereocenters. The lowest BCUT2D eigenvalue weighted by Crippen LogP contribution is -2.33. The van der Waals surface area contributed by atoms with Gasteiger partial charge in [-0.3, -0.25) is 14.2 Å². The average molecular weight is 197 g/mol. The molecule has 1 aromatic rings. The molecule has 0 saturated carbocycles. The Kier molecular flexibility index (Phi) is 2.98. The Morgan fingerprint density at radius 2 is 2.36 bits per heavy atom. The van der Waals surface area contributed by atoms with Crippen molar-refractivity contribution in [1.82, 2.24) is 9.55 Å². The summed E-state index contributed by atoms with van der Waals surface area (Å²) in [7, 11) is 0. The molecule has 6 nitrogen and oxygen atoms in total. The molecule has 14 heavy (non-hydrogen) atoms. The molecule has 76 valence electrons. The van der Waals surface area contributed by atoms with Gasteiger partial charge in [0.25, 0.3) is 0 Å². The Morgan fingerprint density at radius 1 is 1.71 bits per heavy atom. The highest BCUT2D eigenvalue weighted by molar-refractivity contribution is 5.77. The second-order valence-electron chi connectivity index (χ2n) is 2.88. The number of carboxylic acids is 1. The van der Waals surface area contributed by atoms with E-state index in [1.807, 2.05) is 0 Å². The highest BCUT2D eigenvalue weighted by atomic mass is 16.4. The van der Waals surface area contributed by atoms with E-state index < -0.39 is 12.0 Å². The Labute approximate surface area is 80.4 Å². The number of carbonyl (C=O) groups excluding carboxylic acids is 1. The Balaban J connectivity index is 2.81. The van der Waals surface area contributed by atoms with Crippen molar-refractivity contribution in [3.05, 3.63) is 18.2 Å². The molecule has 0 spiro atoms. The van der Waals surface area contributed by atoms with Crippen LogP contribution in [0.4, 0.5) is 0 Å². The van der Waals surface area contributed by atoms with Crippen molar-refractivity contribution in [2.45, 2.75) is 19.4 Å². The maximum atomic E-state index is 11.0. The van der Waals surface area contributed by atoms with Crippen molar-refractivity contribution in [3.8, 4) is 0 Å². The second-order valence-corrected chi connectivity index (χ2v) is 2.88. The van der Waals surface area contributed by atoms with Gasteiger partial charge in [-0.05, 0) is 0 Å². The third kappa shape index (κ3) is 2.17. The van der Waals surface area contributed by atoms with Gasteiger partial charge in [-0.1, -0.05) is 0 Å². The first-order chi connectivity index (χ1) is 6.52. The topological polar surface area (TPSA) is 98.2 Å². The molecule has 0 aliphatic rings. The SMILES string of the molecule is CC(=O)n1ccnc1CC(N)C(=O)O. The fourth-order valence-corrected chi connectivity index (χ4v) is 1.06. The maximum Gasteiger partial charge on any atom is 0.320 e. The van der Waals surface area contributed by atoms with E-state index in [0.29, 0.717) is 5.82 Å². The number of rotatable bonds is 3. The first-order valence-electron chi connectivity index (χ1n) is 4.04.